The van der Waals surface area contributed by atoms with Crippen LogP contribution in [-0.4, -0.2) is 6.54 Å². The van der Waals surface area contributed by atoms with E-state index in [9.17, 15) is 0 Å². The van der Waals surface area contributed by atoms with Gasteiger partial charge in [-0.2, -0.15) is 0 Å². The fourth-order valence-electron chi connectivity index (χ4n) is 3.29. The summed E-state index contributed by atoms with van der Waals surface area (Å²) in [7, 11) is 0. The number of hydrogen-bond donors (Lipinski definition) is 1. The minimum Gasteiger partial charge on any atom is -0.327 e. The normalized spacial score (nSPS) is 16.7. The smallest absolute Gasteiger partial charge is 0.0240 e. The Balaban J connectivity index is 0.00000161. The highest BCUT2D eigenvalue weighted by atomic mass is 35.5. The van der Waals surface area contributed by atoms with Gasteiger partial charge in [-0.3, -0.25) is 0 Å². The predicted molar refractivity (Wildman–Crippen MR) is 91.9 cm³/mol. The molecule has 2 aromatic rings. The molecule has 0 saturated carbocycles. The van der Waals surface area contributed by atoms with Crippen LogP contribution in [0.5, 0.6) is 0 Å². The van der Waals surface area contributed by atoms with Gasteiger partial charge in [0.1, 0.15) is 0 Å². The van der Waals surface area contributed by atoms with Gasteiger partial charge < -0.3 is 5.73 Å². The molecule has 0 unspecified atom stereocenters. The Morgan fingerprint density at radius 3 is 1.76 bits per heavy atom. The van der Waals surface area contributed by atoms with Crippen molar-refractivity contribution in [2.24, 2.45) is 5.73 Å². The number of allylic oxidation sites excluding steroid dienone is 1. The van der Waals surface area contributed by atoms with E-state index in [2.05, 4.69) is 66.7 Å². The molecule has 2 aromatic carbocycles. The third kappa shape index (κ3) is 3.04. The fourth-order valence-corrected chi connectivity index (χ4v) is 3.29. The van der Waals surface area contributed by atoms with Gasteiger partial charge in [-0.1, -0.05) is 72.3 Å². The highest BCUT2D eigenvalue weighted by molar-refractivity contribution is 5.85. The summed E-state index contributed by atoms with van der Waals surface area (Å²) in [6.07, 6.45) is 5.64. The van der Waals surface area contributed by atoms with Gasteiger partial charge in [-0.15, -0.1) is 12.4 Å². The topological polar surface area (TPSA) is 26.0 Å². The van der Waals surface area contributed by atoms with E-state index in [-0.39, 0.29) is 17.8 Å². The number of rotatable bonds is 3. The predicted octanol–water partition coefficient (Wildman–Crippen LogP) is 4.46. The number of nitrogens with two attached hydrogens (primary N) is 1. The molecule has 0 heterocycles. The zero-order valence-electron chi connectivity index (χ0n) is 12.2. The molecule has 0 amide bonds. The summed E-state index contributed by atoms with van der Waals surface area (Å²) in [5.41, 5.74) is 10.1. The molecule has 1 aliphatic carbocycles. The van der Waals surface area contributed by atoms with Gasteiger partial charge in [0.25, 0.3) is 0 Å². The number of benzene rings is 2. The molecule has 1 aliphatic rings. The van der Waals surface area contributed by atoms with Crippen LogP contribution in [0.15, 0.2) is 72.3 Å². The van der Waals surface area contributed by atoms with E-state index in [4.69, 9.17) is 5.73 Å². The maximum atomic E-state index is 5.80. The summed E-state index contributed by atoms with van der Waals surface area (Å²) >= 11 is 0. The first-order valence-electron chi connectivity index (χ1n) is 7.34. The molecule has 2 heteroatoms. The summed E-state index contributed by atoms with van der Waals surface area (Å²) in [6, 6.07) is 21.8. The fraction of sp³-hybridized carbons (Fsp3) is 0.263. The monoisotopic (exact) mass is 299 g/mol. The second-order valence-electron chi connectivity index (χ2n) is 5.58. The van der Waals surface area contributed by atoms with E-state index >= 15 is 0 Å². The van der Waals surface area contributed by atoms with Crippen LogP contribution in [0, 0.1) is 0 Å². The zero-order valence-corrected chi connectivity index (χ0v) is 13.0. The first kappa shape index (κ1) is 15.8. The Bertz CT molecular complexity index is 550. The standard InChI is InChI=1S/C19H21N.ClH/c20-15-16-11-13-19(14-12-16,17-7-3-1-4-8-17)18-9-5-2-6-10-18;/h1-11H,12-15,20H2;1H. The molecule has 3 rings (SSSR count). The van der Waals surface area contributed by atoms with Crippen LogP contribution in [-0.2, 0) is 5.41 Å². The minimum atomic E-state index is 0. The average Bonchev–Trinajstić information content (AvgIpc) is 2.56. The molecule has 0 fully saturated rings. The Kier molecular flexibility index (Phi) is 5.22. The third-order valence-corrected chi connectivity index (χ3v) is 4.53. The third-order valence-electron chi connectivity index (χ3n) is 4.53. The Morgan fingerprint density at radius 2 is 1.38 bits per heavy atom. The van der Waals surface area contributed by atoms with Gasteiger partial charge in [-0.25, -0.2) is 0 Å². The lowest BCUT2D eigenvalue weighted by molar-refractivity contribution is 0.453. The summed E-state index contributed by atoms with van der Waals surface area (Å²) < 4.78 is 0. The van der Waals surface area contributed by atoms with Crippen molar-refractivity contribution in [1.82, 2.24) is 0 Å². The van der Waals surface area contributed by atoms with E-state index < -0.39 is 0 Å². The highest BCUT2D eigenvalue weighted by Crippen LogP contribution is 2.43. The highest BCUT2D eigenvalue weighted by Gasteiger charge is 2.35. The van der Waals surface area contributed by atoms with Crippen LogP contribution in [0.3, 0.4) is 0 Å². The van der Waals surface area contributed by atoms with Gasteiger partial charge in [-0.05, 0) is 30.4 Å². The zero-order chi connectivity index (χ0) is 13.8. The van der Waals surface area contributed by atoms with Gasteiger partial charge in [0.2, 0.25) is 0 Å². The summed E-state index contributed by atoms with van der Waals surface area (Å²) in [6.45, 7) is 0.694. The van der Waals surface area contributed by atoms with Crippen LogP contribution >= 0.6 is 12.4 Å². The largest absolute Gasteiger partial charge is 0.327 e. The van der Waals surface area contributed by atoms with E-state index in [1.165, 1.54) is 16.7 Å². The Morgan fingerprint density at radius 1 is 0.857 bits per heavy atom. The lowest BCUT2D eigenvalue weighted by Crippen LogP contribution is -2.30. The SMILES string of the molecule is Cl.NCC1=CCC(c2ccccc2)(c2ccccc2)CC1. The second-order valence-corrected chi connectivity index (χ2v) is 5.58. The molecule has 21 heavy (non-hydrogen) atoms. The van der Waals surface area contributed by atoms with Gasteiger partial charge >= 0.3 is 0 Å². The van der Waals surface area contributed by atoms with E-state index in [1.54, 1.807) is 0 Å². The summed E-state index contributed by atoms with van der Waals surface area (Å²) in [5, 5.41) is 0. The van der Waals surface area contributed by atoms with Crippen molar-refractivity contribution in [3.05, 3.63) is 83.4 Å². The Labute approximate surface area is 133 Å². The lowest BCUT2D eigenvalue weighted by atomic mass is 9.66. The van der Waals surface area contributed by atoms with Crippen LogP contribution in [0.2, 0.25) is 0 Å². The molecule has 0 radical (unpaired) electrons. The lowest BCUT2D eigenvalue weighted by Gasteiger charge is -2.38. The van der Waals surface area contributed by atoms with Gasteiger partial charge in [0.05, 0.1) is 0 Å². The summed E-state index contributed by atoms with van der Waals surface area (Å²) in [5.74, 6) is 0. The van der Waals surface area contributed by atoms with E-state index in [0.717, 1.165) is 19.3 Å². The second kappa shape index (κ2) is 6.93. The molecule has 0 saturated heterocycles. The van der Waals surface area contributed by atoms with Crippen molar-refractivity contribution in [2.75, 3.05) is 6.54 Å². The van der Waals surface area contributed by atoms with E-state index in [1.807, 2.05) is 0 Å². The molecular weight excluding hydrogens is 278 g/mol. The molecule has 0 aromatic heterocycles. The van der Waals surface area contributed by atoms with Crippen molar-refractivity contribution in [3.63, 3.8) is 0 Å². The van der Waals surface area contributed by atoms with Gasteiger partial charge in [0.15, 0.2) is 0 Å². The quantitative estimate of drug-likeness (QED) is 0.832. The van der Waals surface area contributed by atoms with E-state index in [0.29, 0.717) is 6.54 Å². The minimum absolute atomic E-state index is 0. The molecule has 0 atom stereocenters. The van der Waals surface area contributed by atoms with Crippen molar-refractivity contribution in [2.45, 2.75) is 24.7 Å². The van der Waals surface area contributed by atoms with Crippen molar-refractivity contribution < 1.29 is 0 Å². The molecule has 2 N–H and O–H groups in total. The first-order valence-corrected chi connectivity index (χ1v) is 7.34. The molecule has 0 bridgehead atoms. The number of halogens is 1. The van der Waals surface area contributed by atoms with Crippen molar-refractivity contribution in [3.8, 4) is 0 Å². The first-order chi connectivity index (χ1) is 9.85. The molecule has 110 valence electrons. The average molecular weight is 300 g/mol. The van der Waals surface area contributed by atoms with Crippen LogP contribution < -0.4 is 5.73 Å². The van der Waals surface area contributed by atoms with Crippen molar-refractivity contribution >= 4 is 12.4 Å². The van der Waals surface area contributed by atoms with Crippen molar-refractivity contribution in [1.29, 1.82) is 0 Å². The maximum absolute atomic E-state index is 5.80. The maximum Gasteiger partial charge on any atom is 0.0240 e. The van der Waals surface area contributed by atoms with Crippen LogP contribution in [0.1, 0.15) is 30.4 Å². The van der Waals surface area contributed by atoms with Gasteiger partial charge in [0, 0.05) is 12.0 Å². The molecule has 1 nitrogen and oxygen atoms in total. The van der Waals surface area contributed by atoms with Crippen LogP contribution in [0.25, 0.3) is 0 Å². The summed E-state index contributed by atoms with van der Waals surface area (Å²) in [4.78, 5) is 0. The molecule has 0 aliphatic heterocycles. The molecular formula is C19H22ClN. The number of hydrogen-bond acceptors (Lipinski definition) is 1. The molecule has 0 spiro atoms. The Hall–Kier alpha value is -1.57. The van der Waals surface area contributed by atoms with Crippen LogP contribution in [0.4, 0.5) is 0 Å².